The average Bonchev–Trinajstić information content (AvgIpc) is 2.87. The number of hydrogen-bond acceptors (Lipinski definition) is 4. The van der Waals surface area contributed by atoms with Gasteiger partial charge in [-0.25, -0.2) is 4.98 Å². The van der Waals surface area contributed by atoms with Crippen LogP contribution in [0, 0.1) is 12.8 Å². The van der Waals surface area contributed by atoms with E-state index in [0.717, 1.165) is 11.7 Å². The molecule has 0 saturated carbocycles. The van der Waals surface area contributed by atoms with E-state index in [1.807, 2.05) is 6.92 Å². The number of hydrogen-bond donors (Lipinski definition) is 3. The molecule has 3 N–H and O–H groups in total. The van der Waals surface area contributed by atoms with Gasteiger partial charge in [0.15, 0.2) is 5.96 Å². The highest BCUT2D eigenvalue weighted by molar-refractivity contribution is 7.11. The van der Waals surface area contributed by atoms with E-state index in [1.54, 1.807) is 12.6 Å². The van der Waals surface area contributed by atoms with Crippen LogP contribution in [0.3, 0.4) is 0 Å². The second-order valence-corrected chi connectivity index (χ2v) is 6.05. The molecule has 0 aromatic carbocycles. The molecule has 21 heavy (non-hydrogen) atoms. The highest BCUT2D eigenvalue weighted by atomic mass is 32.1. The molecule has 1 unspecified atom stereocenters. The van der Waals surface area contributed by atoms with Crippen LogP contribution in [0.2, 0.25) is 0 Å². The number of carbonyl (C=O) groups excluding carboxylic acids is 1. The van der Waals surface area contributed by atoms with Crippen molar-refractivity contribution in [3.05, 3.63) is 16.1 Å². The largest absolute Gasteiger partial charge is 0.355 e. The Balaban J connectivity index is 2.30. The van der Waals surface area contributed by atoms with Crippen LogP contribution in [0.25, 0.3) is 0 Å². The fraction of sp³-hybridized carbons (Fsp3) is 0.643. The van der Waals surface area contributed by atoms with E-state index in [-0.39, 0.29) is 5.91 Å². The topological polar surface area (TPSA) is 78.4 Å². The van der Waals surface area contributed by atoms with Gasteiger partial charge in [0.1, 0.15) is 4.88 Å². The monoisotopic (exact) mass is 311 g/mol. The van der Waals surface area contributed by atoms with Crippen molar-refractivity contribution in [2.75, 3.05) is 20.1 Å². The van der Waals surface area contributed by atoms with Gasteiger partial charge in [0.2, 0.25) is 0 Å². The normalized spacial score (nSPS) is 13.1. The minimum Gasteiger partial charge on any atom is -0.355 e. The summed E-state index contributed by atoms with van der Waals surface area (Å²) < 4.78 is 0. The number of carbonyl (C=O) groups is 1. The first-order valence-electron chi connectivity index (χ1n) is 7.11. The third-order valence-electron chi connectivity index (χ3n) is 3.24. The van der Waals surface area contributed by atoms with Crippen LogP contribution in [-0.2, 0) is 0 Å². The smallest absolute Gasteiger partial charge is 0.263 e. The van der Waals surface area contributed by atoms with Crippen molar-refractivity contribution in [3.63, 3.8) is 0 Å². The van der Waals surface area contributed by atoms with Crippen LogP contribution in [0.4, 0.5) is 0 Å². The molecular weight excluding hydrogens is 286 g/mol. The van der Waals surface area contributed by atoms with E-state index in [9.17, 15) is 4.79 Å². The van der Waals surface area contributed by atoms with Gasteiger partial charge >= 0.3 is 0 Å². The van der Waals surface area contributed by atoms with Crippen LogP contribution in [0.1, 0.15) is 36.1 Å². The van der Waals surface area contributed by atoms with Crippen LogP contribution >= 0.6 is 11.3 Å². The predicted molar refractivity (Wildman–Crippen MR) is 88.0 cm³/mol. The molecule has 1 atom stereocenters. The number of amides is 1. The van der Waals surface area contributed by atoms with E-state index in [0.29, 0.717) is 29.9 Å². The van der Waals surface area contributed by atoms with Crippen molar-refractivity contribution in [1.82, 2.24) is 20.9 Å². The summed E-state index contributed by atoms with van der Waals surface area (Å²) in [7, 11) is 1.74. The maximum Gasteiger partial charge on any atom is 0.263 e. The number of aryl methyl sites for hydroxylation is 1. The second kappa shape index (κ2) is 8.61. The Morgan fingerprint density at radius 3 is 2.52 bits per heavy atom. The first-order valence-corrected chi connectivity index (χ1v) is 7.99. The van der Waals surface area contributed by atoms with Crippen LogP contribution in [0.5, 0.6) is 0 Å². The van der Waals surface area contributed by atoms with E-state index < -0.39 is 0 Å². The minimum atomic E-state index is -0.0738. The number of aliphatic imine (C=N–C) groups is 1. The zero-order valence-electron chi connectivity index (χ0n) is 13.4. The van der Waals surface area contributed by atoms with Gasteiger partial charge in [0.25, 0.3) is 5.91 Å². The Kier molecular flexibility index (Phi) is 7.14. The SMILES string of the molecule is CN=C(NCCNC(=O)c1scnc1C)NC(C)C(C)C. The number of thiazole rings is 1. The molecule has 1 aromatic heterocycles. The van der Waals surface area contributed by atoms with Gasteiger partial charge in [-0.05, 0) is 19.8 Å². The van der Waals surface area contributed by atoms with E-state index in [1.165, 1.54) is 11.3 Å². The van der Waals surface area contributed by atoms with Gasteiger partial charge in [0.05, 0.1) is 11.2 Å². The summed E-state index contributed by atoms with van der Waals surface area (Å²) in [6.07, 6.45) is 0. The van der Waals surface area contributed by atoms with Crippen molar-refractivity contribution in [2.45, 2.75) is 33.7 Å². The minimum absolute atomic E-state index is 0.0738. The summed E-state index contributed by atoms with van der Waals surface area (Å²) in [6, 6.07) is 0.339. The summed E-state index contributed by atoms with van der Waals surface area (Å²) in [6.45, 7) is 9.42. The van der Waals surface area contributed by atoms with Gasteiger partial charge in [-0.2, -0.15) is 0 Å². The van der Waals surface area contributed by atoms with Crippen molar-refractivity contribution < 1.29 is 4.79 Å². The number of rotatable bonds is 6. The number of nitrogens with zero attached hydrogens (tertiary/aromatic N) is 2. The van der Waals surface area contributed by atoms with Crippen molar-refractivity contribution in [3.8, 4) is 0 Å². The summed E-state index contributed by atoms with van der Waals surface area (Å²) in [4.78, 5) is 20.8. The lowest BCUT2D eigenvalue weighted by molar-refractivity contribution is 0.0957. The van der Waals surface area contributed by atoms with Crippen LogP contribution in [-0.4, -0.2) is 43.0 Å². The lowest BCUT2D eigenvalue weighted by Gasteiger charge is -2.20. The quantitative estimate of drug-likeness (QED) is 0.421. The number of aromatic nitrogens is 1. The molecule has 6 nitrogen and oxygen atoms in total. The molecule has 1 aromatic rings. The molecule has 1 amide bonds. The maximum absolute atomic E-state index is 11.9. The Hall–Kier alpha value is -1.63. The molecule has 1 rings (SSSR count). The Morgan fingerprint density at radius 2 is 2.00 bits per heavy atom. The molecule has 0 radical (unpaired) electrons. The van der Waals surface area contributed by atoms with E-state index >= 15 is 0 Å². The summed E-state index contributed by atoms with van der Waals surface area (Å²) in [5.74, 6) is 1.20. The molecule has 0 spiro atoms. The molecule has 1 heterocycles. The van der Waals surface area contributed by atoms with Crippen LogP contribution < -0.4 is 16.0 Å². The van der Waals surface area contributed by atoms with Gasteiger partial charge in [-0.15, -0.1) is 11.3 Å². The molecule has 0 saturated heterocycles. The van der Waals surface area contributed by atoms with Gasteiger partial charge < -0.3 is 16.0 Å². The molecule has 0 aliphatic rings. The highest BCUT2D eigenvalue weighted by Gasteiger charge is 2.11. The average molecular weight is 311 g/mol. The lowest BCUT2D eigenvalue weighted by atomic mass is 10.1. The third-order valence-corrected chi connectivity index (χ3v) is 4.17. The van der Waals surface area contributed by atoms with Crippen molar-refractivity contribution in [1.29, 1.82) is 0 Å². The standard InChI is InChI=1S/C14H25N5OS/c1-9(2)10(3)19-14(15-5)17-7-6-16-13(20)12-11(4)18-8-21-12/h8-10H,6-7H2,1-5H3,(H,16,20)(H2,15,17,19). The Morgan fingerprint density at radius 1 is 1.33 bits per heavy atom. The second-order valence-electron chi connectivity index (χ2n) is 5.20. The lowest BCUT2D eigenvalue weighted by Crippen LogP contribution is -2.46. The number of nitrogens with one attached hydrogen (secondary N) is 3. The number of guanidine groups is 1. The molecule has 7 heteroatoms. The van der Waals surface area contributed by atoms with Gasteiger partial charge in [-0.1, -0.05) is 13.8 Å². The van der Waals surface area contributed by atoms with E-state index in [4.69, 9.17) is 0 Å². The third kappa shape index (κ3) is 5.71. The summed E-state index contributed by atoms with van der Waals surface area (Å²) in [5, 5.41) is 9.36. The molecular formula is C14H25N5OS. The Labute approximate surface area is 130 Å². The van der Waals surface area contributed by atoms with Gasteiger partial charge in [-0.3, -0.25) is 9.79 Å². The molecule has 0 aliphatic carbocycles. The first kappa shape index (κ1) is 17.4. The summed E-state index contributed by atoms with van der Waals surface area (Å²) >= 11 is 1.36. The zero-order valence-corrected chi connectivity index (χ0v) is 14.2. The van der Waals surface area contributed by atoms with Crippen molar-refractivity contribution in [2.24, 2.45) is 10.9 Å². The fourth-order valence-corrected chi connectivity index (χ4v) is 2.25. The zero-order chi connectivity index (χ0) is 15.8. The summed E-state index contributed by atoms with van der Waals surface area (Å²) in [5.41, 5.74) is 2.45. The van der Waals surface area contributed by atoms with E-state index in [2.05, 4.69) is 46.7 Å². The van der Waals surface area contributed by atoms with Gasteiger partial charge in [0, 0.05) is 26.2 Å². The maximum atomic E-state index is 11.9. The Bertz CT molecular complexity index is 483. The molecule has 118 valence electrons. The fourth-order valence-electron chi connectivity index (χ4n) is 1.53. The van der Waals surface area contributed by atoms with Crippen molar-refractivity contribution >= 4 is 23.2 Å². The molecule has 0 aliphatic heterocycles. The molecule has 0 bridgehead atoms. The highest BCUT2D eigenvalue weighted by Crippen LogP contribution is 2.11. The molecule has 0 fully saturated rings. The van der Waals surface area contributed by atoms with Crippen LogP contribution in [0.15, 0.2) is 10.5 Å². The first-order chi connectivity index (χ1) is 9.95. The predicted octanol–water partition coefficient (Wildman–Crippen LogP) is 1.39.